The molecule has 0 aliphatic carbocycles. The Balaban J connectivity index is 1.43. The Kier molecular flexibility index (Phi) is 6.93. The average Bonchev–Trinajstić information content (AvgIpc) is 2.70. The molecule has 0 saturated carbocycles. The third-order valence-corrected chi connectivity index (χ3v) is 5.22. The first kappa shape index (κ1) is 20.9. The summed E-state index contributed by atoms with van der Waals surface area (Å²) in [5.74, 6) is -0.329. The fourth-order valence-corrected chi connectivity index (χ4v) is 3.45. The highest BCUT2D eigenvalue weighted by molar-refractivity contribution is 7.71. The molecule has 1 heterocycles. The van der Waals surface area contributed by atoms with E-state index in [1.54, 1.807) is 23.6 Å². The maximum Gasteiger partial charge on any atom is 0.262 e. The van der Waals surface area contributed by atoms with Crippen LogP contribution >= 0.6 is 12.2 Å². The number of hydrogen-bond donors (Lipinski definition) is 2. The van der Waals surface area contributed by atoms with Gasteiger partial charge in [-0.1, -0.05) is 30.7 Å². The highest BCUT2D eigenvalue weighted by Crippen LogP contribution is 2.10. The van der Waals surface area contributed by atoms with Crippen LogP contribution < -0.4 is 10.9 Å². The summed E-state index contributed by atoms with van der Waals surface area (Å²) in [6.45, 7) is 2.54. The minimum absolute atomic E-state index is 0.0638. The molecular weight excluding hydrogens is 389 g/mol. The Morgan fingerprint density at radius 3 is 2.76 bits per heavy atom. The van der Waals surface area contributed by atoms with E-state index in [9.17, 15) is 14.0 Å². The number of benzene rings is 2. The summed E-state index contributed by atoms with van der Waals surface area (Å²) in [7, 11) is 0. The minimum atomic E-state index is -0.265. The molecule has 0 bridgehead atoms. The first-order valence-corrected chi connectivity index (χ1v) is 10.1. The largest absolute Gasteiger partial charge is 0.352 e. The number of aryl methyl sites for hydroxylation is 1. The quantitative estimate of drug-likeness (QED) is 0.425. The number of para-hydroxylation sites is 1. The van der Waals surface area contributed by atoms with Gasteiger partial charge in [0.25, 0.3) is 5.56 Å². The van der Waals surface area contributed by atoms with Gasteiger partial charge in [0.05, 0.1) is 10.9 Å². The van der Waals surface area contributed by atoms with Gasteiger partial charge < -0.3 is 10.3 Å². The number of carbonyl (C=O) groups is 1. The standard InChI is InChI=1S/C22H24FN3O2S/c1-15-10-11-16(13-18(15)23)14-24-20(27)9-3-2-6-12-26-21(28)17-7-4-5-8-19(17)25-22(26)29/h4-5,7-8,10-11,13H,2-3,6,9,12,14H2,1H3,(H,24,27)(H,25,29). The van der Waals surface area contributed by atoms with Crippen LogP contribution in [0.5, 0.6) is 0 Å². The van der Waals surface area contributed by atoms with Gasteiger partial charge in [-0.25, -0.2) is 4.39 Å². The number of hydrogen-bond acceptors (Lipinski definition) is 3. The van der Waals surface area contributed by atoms with Crippen LogP contribution in [0.1, 0.15) is 36.8 Å². The molecule has 0 spiro atoms. The van der Waals surface area contributed by atoms with Crippen LogP contribution in [-0.4, -0.2) is 15.5 Å². The van der Waals surface area contributed by atoms with Crippen molar-refractivity contribution >= 4 is 29.0 Å². The lowest BCUT2D eigenvalue weighted by Crippen LogP contribution is -2.23. The summed E-state index contributed by atoms with van der Waals surface area (Å²) in [5.41, 5.74) is 1.98. The number of aromatic nitrogens is 2. The molecule has 0 aliphatic heterocycles. The molecule has 0 atom stereocenters. The number of H-pyrrole nitrogens is 1. The second-order valence-electron chi connectivity index (χ2n) is 7.10. The summed E-state index contributed by atoms with van der Waals surface area (Å²) < 4.78 is 15.5. The van der Waals surface area contributed by atoms with Crippen molar-refractivity contribution < 1.29 is 9.18 Å². The lowest BCUT2D eigenvalue weighted by Gasteiger charge is -2.08. The van der Waals surface area contributed by atoms with Crippen molar-refractivity contribution in [3.8, 4) is 0 Å². The van der Waals surface area contributed by atoms with Gasteiger partial charge in [-0.05, 0) is 61.3 Å². The summed E-state index contributed by atoms with van der Waals surface area (Å²) in [4.78, 5) is 27.6. The van der Waals surface area contributed by atoms with Crippen molar-refractivity contribution in [1.82, 2.24) is 14.9 Å². The molecule has 3 rings (SSSR count). The van der Waals surface area contributed by atoms with E-state index >= 15 is 0 Å². The van der Waals surface area contributed by atoms with E-state index < -0.39 is 0 Å². The van der Waals surface area contributed by atoms with E-state index in [2.05, 4.69) is 10.3 Å². The van der Waals surface area contributed by atoms with Crippen molar-refractivity contribution in [2.45, 2.75) is 45.7 Å². The molecule has 29 heavy (non-hydrogen) atoms. The van der Waals surface area contributed by atoms with Gasteiger partial charge in [0.2, 0.25) is 5.91 Å². The van der Waals surface area contributed by atoms with Crippen molar-refractivity contribution in [3.05, 3.63) is 74.5 Å². The molecule has 0 aliphatic rings. The number of amides is 1. The molecule has 0 unspecified atom stereocenters. The van der Waals surface area contributed by atoms with Crippen molar-refractivity contribution in [1.29, 1.82) is 0 Å². The monoisotopic (exact) mass is 413 g/mol. The fourth-order valence-electron chi connectivity index (χ4n) is 3.17. The number of unbranched alkanes of at least 4 members (excludes halogenated alkanes) is 2. The molecule has 0 radical (unpaired) electrons. The molecule has 0 fully saturated rings. The molecule has 3 aromatic rings. The maximum atomic E-state index is 13.5. The van der Waals surface area contributed by atoms with Gasteiger partial charge in [-0.2, -0.15) is 0 Å². The number of nitrogens with one attached hydrogen (secondary N) is 2. The summed E-state index contributed by atoms with van der Waals surface area (Å²) in [6.07, 6.45) is 2.67. The van der Waals surface area contributed by atoms with E-state index in [4.69, 9.17) is 12.2 Å². The topological polar surface area (TPSA) is 66.9 Å². The molecule has 2 aromatic carbocycles. The fraction of sp³-hybridized carbons (Fsp3) is 0.318. The number of carbonyl (C=O) groups excluding carboxylic acids is 1. The summed E-state index contributed by atoms with van der Waals surface area (Å²) >= 11 is 5.30. The molecule has 152 valence electrons. The summed E-state index contributed by atoms with van der Waals surface area (Å²) in [6, 6.07) is 12.3. The van der Waals surface area contributed by atoms with Crippen molar-refractivity contribution in [2.75, 3.05) is 0 Å². The van der Waals surface area contributed by atoms with Gasteiger partial charge in [0.1, 0.15) is 5.82 Å². The number of fused-ring (bicyclic) bond motifs is 1. The Morgan fingerprint density at radius 1 is 1.17 bits per heavy atom. The van der Waals surface area contributed by atoms with E-state index in [1.165, 1.54) is 6.07 Å². The maximum absolute atomic E-state index is 13.5. The molecule has 2 N–H and O–H groups in total. The van der Waals surface area contributed by atoms with Crippen LogP contribution in [0.25, 0.3) is 10.9 Å². The highest BCUT2D eigenvalue weighted by Gasteiger charge is 2.06. The van der Waals surface area contributed by atoms with E-state index in [-0.39, 0.29) is 17.3 Å². The normalized spacial score (nSPS) is 11.0. The first-order valence-electron chi connectivity index (χ1n) is 9.69. The van der Waals surface area contributed by atoms with Crippen LogP contribution in [0.4, 0.5) is 4.39 Å². The Bertz CT molecular complexity index is 1140. The van der Waals surface area contributed by atoms with Gasteiger partial charge in [-0.15, -0.1) is 0 Å². The second kappa shape index (κ2) is 9.60. The SMILES string of the molecule is Cc1ccc(CNC(=O)CCCCCn2c(=S)[nH]c3ccccc3c2=O)cc1F. The van der Waals surface area contributed by atoms with Gasteiger partial charge in [0, 0.05) is 19.5 Å². The smallest absolute Gasteiger partial charge is 0.262 e. The second-order valence-corrected chi connectivity index (χ2v) is 7.49. The third kappa shape index (κ3) is 5.38. The predicted octanol–water partition coefficient (Wildman–Crippen LogP) is 4.38. The third-order valence-electron chi connectivity index (χ3n) is 4.90. The zero-order valence-electron chi connectivity index (χ0n) is 16.3. The zero-order chi connectivity index (χ0) is 20.8. The highest BCUT2D eigenvalue weighted by atomic mass is 32.1. The van der Waals surface area contributed by atoms with Crippen LogP contribution in [0.3, 0.4) is 0 Å². The molecule has 1 aromatic heterocycles. The Morgan fingerprint density at radius 2 is 1.97 bits per heavy atom. The molecule has 7 heteroatoms. The average molecular weight is 414 g/mol. The van der Waals surface area contributed by atoms with Crippen molar-refractivity contribution in [3.63, 3.8) is 0 Å². The van der Waals surface area contributed by atoms with Crippen LogP contribution in [0.2, 0.25) is 0 Å². The van der Waals surface area contributed by atoms with Crippen LogP contribution in [0.15, 0.2) is 47.3 Å². The lowest BCUT2D eigenvalue weighted by atomic mass is 10.1. The Hall–Kier alpha value is -2.80. The zero-order valence-corrected chi connectivity index (χ0v) is 17.2. The molecule has 1 amide bonds. The lowest BCUT2D eigenvalue weighted by molar-refractivity contribution is -0.121. The van der Waals surface area contributed by atoms with Crippen LogP contribution in [0, 0.1) is 17.5 Å². The summed E-state index contributed by atoms with van der Waals surface area (Å²) in [5, 5.41) is 3.43. The number of nitrogens with zero attached hydrogens (tertiary/aromatic N) is 1. The number of aromatic amines is 1. The van der Waals surface area contributed by atoms with E-state index in [0.29, 0.717) is 41.7 Å². The van der Waals surface area contributed by atoms with E-state index in [0.717, 1.165) is 23.9 Å². The minimum Gasteiger partial charge on any atom is -0.352 e. The Labute approximate surface area is 173 Å². The molecular formula is C22H24FN3O2S. The van der Waals surface area contributed by atoms with E-state index in [1.807, 2.05) is 24.3 Å². The first-order chi connectivity index (χ1) is 14.0. The molecule has 5 nitrogen and oxygen atoms in total. The van der Waals surface area contributed by atoms with Gasteiger partial charge in [0.15, 0.2) is 4.77 Å². The number of rotatable bonds is 8. The molecule has 0 saturated heterocycles. The predicted molar refractivity (Wildman–Crippen MR) is 115 cm³/mol. The number of halogens is 1. The van der Waals surface area contributed by atoms with Gasteiger partial charge in [-0.3, -0.25) is 14.2 Å². The van der Waals surface area contributed by atoms with Crippen LogP contribution in [-0.2, 0) is 17.9 Å². The van der Waals surface area contributed by atoms with Gasteiger partial charge >= 0.3 is 0 Å². The van der Waals surface area contributed by atoms with Crippen molar-refractivity contribution in [2.24, 2.45) is 0 Å².